The fraction of sp³-hybridized carbons (Fsp3) is 0.650. The molecule has 1 N–H and O–H groups in total. The highest BCUT2D eigenvalue weighted by atomic mass is 32.2. The summed E-state index contributed by atoms with van der Waals surface area (Å²) in [6.07, 6.45) is 5.35. The van der Waals surface area contributed by atoms with Crippen molar-refractivity contribution in [1.29, 1.82) is 0 Å². The van der Waals surface area contributed by atoms with Gasteiger partial charge in [0, 0.05) is 17.5 Å². The van der Waals surface area contributed by atoms with E-state index in [1.54, 1.807) is 11.3 Å². The number of amides is 1. The molecule has 3 heterocycles. The number of aryl methyl sites for hydroxylation is 1. The predicted octanol–water partition coefficient (Wildman–Crippen LogP) is 4.37. The molecule has 27 heavy (non-hydrogen) atoms. The molecule has 0 bridgehead atoms. The van der Waals surface area contributed by atoms with Gasteiger partial charge in [-0.25, -0.2) is 4.98 Å². The molecule has 1 fully saturated rings. The normalized spacial score (nSPS) is 18.8. The topological polar surface area (TPSA) is 66.1 Å². The highest BCUT2D eigenvalue weighted by Gasteiger charge is 2.23. The smallest absolute Gasteiger partial charge is 0.260 e. The average Bonchev–Trinajstić information content (AvgIpc) is 2.95. The number of hydrogen-bond acceptors (Lipinski definition) is 5. The number of likely N-dealkylation sites (tertiary alicyclic amines) is 1. The van der Waals surface area contributed by atoms with E-state index in [1.807, 2.05) is 4.90 Å². The SMILES string of the molecule is CC[C@@H](C)Cc1c(C)sc2nc(SCC(=O)N3CCCC[C@@H]3C)[nH]c(=O)c12. The molecule has 2 aromatic rings. The molecule has 1 saturated heterocycles. The van der Waals surface area contributed by atoms with E-state index in [1.165, 1.54) is 23.1 Å². The highest BCUT2D eigenvalue weighted by Crippen LogP contribution is 2.30. The zero-order chi connectivity index (χ0) is 19.6. The Bertz CT molecular complexity index is 874. The number of H-pyrrole nitrogens is 1. The van der Waals surface area contributed by atoms with E-state index in [-0.39, 0.29) is 11.5 Å². The maximum absolute atomic E-state index is 12.7. The molecule has 2 aromatic heterocycles. The van der Waals surface area contributed by atoms with E-state index in [0.29, 0.717) is 22.9 Å². The number of hydrogen-bond donors (Lipinski definition) is 1. The van der Waals surface area contributed by atoms with Gasteiger partial charge in [-0.2, -0.15) is 0 Å². The van der Waals surface area contributed by atoms with Crippen LogP contribution in [0.25, 0.3) is 10.2 Å². The van der Waals surface area contributed by atoms with Gasteiger partial charge in [0.15, 0.2) is 5.16 Å². The van der Waals surface area contributed by atoms with Crippen LogP contribution in [0.2, 0.25) is 0 Å². The Hall–Kier alpha value is -1.34. The molecular weight excluding hydrogens is 378 g/mol. The van der Waals surface area contributed by atoms with Crippen molar-refractivity contribution in [2.24, 2.45) is 5.92 Å². The third-order valence-electron chi connectivity index (χ3n) is 5.55. The summed E-state index contributed by atoms with van der Waals surface area (Å²) >= 11 is 2.92. The molecule has 5 nitrogen and oxygen atoms in total. The second kappa shape index (κ2) is 8.78. The van der Waals surface area contributed by atoms with Gasteiger partial charge in [0.1, 0.15) is 4.83 Å². The van der Waals surface area contributed by atoms with E-state index < -0.39 is 0 Å². The summed E-state index contributed by atoms with van der Waals surface area (Å²) in [5, 5.41) is 1.28. The van der Waals surface area contributed by atoms with E-state index >= 15 is 0 Å². The molecule has 0 saturated carbocycles. The van der Waals surface area contributed by atoms with Crippen molar-refractivity contribution in [3.05, 3.63) is 20.8 Å². The Morgan fingerprint density at radius 1 is 1.44 bits per heavy atom. The van der Waals surface area contributed by atoms with Crippen LogP contribution in [0.15, 0.2) is 9.95 Å². The summed E-state index contributed by atoms with van der Waals surface area (Å²) in [5.74, 6) is 0.997. The predicted molar refractivity (Wildman–Crippen MR) is 114 cm³/mol. The molecule has 7 heteroatoms. The minimum Gasteiger partial charge on any atom is -0.339 e. The monoisotopic (exact) mass is 407 g/mol. The van der Waals surface area contributed by atoms with E-state index in [0.717, 1.165) is 48.0 Å². The molecule has 0 aromatic carbocycles. The van der Waals surface area contributed by atoms with Crippen molar-refractivity contribution in [2.45, 2.75) is 71.0 Å². The largest absolute Gasteiger partial charge is 0.339 e. The van der Waals surface area contributed by atoms with Gasteiger partial charge in [-0.15, -0.1) is 11.3 Å². The maximum atomic E-state index is 12.7. The van der Waals surface area contributed by atoms with Crippen LogP contribution in [0.5, 0.6) is 0 Å². The van der Waals surface area contributed by atoms with Crippen molar-refractivity contribution in [3.63, 3.8) is 0 Å². The standard InChI is InChI=1S/C20H29N3O2S2/c1-5-12(2)10-15-14(4)27-19-17(15)18(25)21-20(22-19)26-11-16(24)23-9-7-6-8-13(23)3/h12-13H,5-11H2,1-4H3,(H,21,22,25)/t12-,13+/m1/s1. The summed E-state index contributed by atoms with van der Waals surface area (Å²) in [6, 6.07) is 0.310. The maximum Gasteiger partial charge on any atom is 0.260 e. The van der Waals surface area contributed by atoms with Crippen LogP contribution in [-0.4, -0.2) is 39.1 Å². The molecule has 2 atom stereocenters. The summed E-state index contributed by atoms with van der Waals surface area (Å²) in [6.45, 7) is 9.40. The van der Waals surface area contributed by atoms with Gasteiger partial charge in [0.2, 0.25) is 5.91 Å². The van der Waals surface area contributed by atoms with Crippen molar-refractivity contribution < 1.29 is 4.79 Å². The molecule has 0 aliphatic carbocycles. The lowest BCUT2D eigenvalue weighted by molar-refractivity contribution is -0.131. The van der Waals surface area contributed by atoms with Crippen molar-refractivity contribution in [2.75, 3.05) is 12.3 Å². The van der Waals surface area contributed by atoms with Gasteiger partial charge in [0.05, 0.1) is 11.1 Å². The van der Waals surface area contributed by atoms with Crippen LogP contribution in [0, 0.1) is 12.8 Å². The fourth-order valence-corrected chi connectivity index (χ4v) is 5.50. The summed E-state index contributed by atoms with van der Waals surface area (Å²) in [5.41, 5.74) is 1.05. The summed E-state index contributed by atoms with van der Waals surface area (Å²) < 4.78 is 0. The first-order valence-corrected chi connectivity index (χ1v) is 11.7. The molecule has 0 unspecified atom stereocenters. The third kappa shape index (κ3) is 4.57. The number of aromatic amines is 1. The van der Waals surface area contributed by atoms with E-state index in [4.69, 9.17) is 0 Å². The van der Waals surface area contributed by atoms with Crippen molar-refractivity contribution >= 4 is 39.2 Å². The Labute approximate surface area is 169 Å². The van der Waals surface area contributed by atoms with Gasteiger partial charge in [-0.3, -0.25) is 9.59 Å². The molecule has 0 spiro atoms. The lowest BCUT2D eigenvalue weighted by atomic mass is 9.98. The second-order valence-electron chi connectivity index (χ2n) is 7.63. The Balaban J connectivity index is 1.76. The van der Waals surface area contributed by atoms with Gasteiger partial charge in [0.25, 0.3) is 5.56 Å². The first kappa shape index (κ1) is 20.4. The third-order valence-corrected chi connectivity index (χ3v) is 7.45. The number of carbonyl (C=O) groups is 1. The number of carbonyl (C=O) groups excluding carboxylic acids is 1. The average molecular weight is 408 g/mol. The van der Waals surface area contributed by atoms with Crippen molar-refractivity contribution in [3.8, 4) is 0 Å². The Kier molecular flexibility index (Phi) is 6.63. The number of rotatable bonds is 6. The number of piperidine rings is 1. The number of thiophene rings is 1. The Morgan fingerprint density at radius 3 is 2.93 bits per heavy atom. The number of thioether (sulfide) groups is 1. The highest BCUT2D eigenvalue weighted by molar-refractivity contribution is 7.99. The van der Waals surface area contributed by atoms with Crippen LogP contribution in [-0.2, 0) is 11.2 Å². The molecular formula is C20H29N3O2S2. The van der Waals surface area contributed by atoms with Crippen LogP contribution < -0.4 is 5.56 Å². The van der Waals surface area contributed by atoms with E-state index in [9.17, 15) is 9.59 Å². The first-order chi connectivity index (χ1) is 12.9. The molecule has 1 aliphatic rings. The molecule has 1 aliphatic heterocycles. The molecule has 1 amide bonds. The van der Waals surface area contributed by atoms with E-state index in [2.05, 4.69) is 37.7 Å². The van der Waals surface area contributed by atoms with Gasteiger partial charge >= 0.3 is 0 Å². The second-order valence-corrected chi connectivity index (χ2v) is 9.79. The number of aromatic nitrogens is 2. The lowest BCUT2D eigenvalue weighted by Gasteiger charge is -2.33. The molecule has 0 radical (unpaired) electrons. The van der Waals surface area contributed by atoms with Crippen LogP contribution in [0.4, 0.5) is 0 Å². The summed E-state index contributed by atoms with van der Waals surface area (Å²) in [7, 11) is 0. The Morgan fingerprint density at radius 2 is 2.22 bits per heavy atom. The number of nitrogens with one attached hydrogen (secondary N) is 1. The van der Waals surface area contributed by atoms with Gasteiger partial charge in [-0.1, -0.05) is 32.0 Å². The van der Waals surface area contributed by atoms with Crippen LogP contribution in [0.3, 0.4) is 0 Å². The first-order valence-electron chi connectivity index (χ1n) is 9.85. The minimum atomic E-state index is -0.0797. The quantitative estimate of drug-likeness (QED) is 0.570. The minimum absolute atomic E-state index is 0.0797. The molecule has 148 valence electrons. The van der Waals surface area contributed by atoms with Gasteiger partial charge < -0.3 is 9.88 Å². The van der Waals surface area contributed by atoms with Crippen LogP contribution >= 0.6 is 23.1 Å². The fourth-order valence-electron chi connectivity index (χ4n) is 3.64. The summed E-state index contributed by atoms with van der Waals surface area (Å²) in [4.78, 5) is 36.7. The van der Waals surface area contributed by atoms with Gasteiger partial charge in [-0.05, 0) is 51.0 Å². The number of nitrogens with zero attached hydrogens (tertiary/aromatic N) is 2. The molecule has 3 rings (SSSR count). The van der Waals surface area contributed by atoms with Crippen molar-refractivity contribution in [1.82, 2.24) is 14.9 Å². The zero-order valence-electron chi connectivity index (χ0n) is 16.6. The number of fused-ring (bicyclic) bond motifs is 1. The zero-order valence-corrected chi connectivity index (χ0v) is 18.3. The lowest BCUT2D eigenvalue weighted by Crippen LogP contribution is -2.43. The van der Waals surface area contributed by atoms with Crippen LogP contribution in [0.1, 0.15) is 56.9 Å².